The first kappa shape index (κ1) is 13.4. The molecule has 1 aromatic rings. The quantitative estimate of drug-likeness (QED) is 0.824. The number of carboxylic acid groups (broad SMARTS) is 1. The van der Waals surface area contributed by atoms with E-state index in [2.05, 4.69) is 10.3 Å². The maximum Gasteiger partial charge on any atom is 0.317 e. The summed E-state index contributed by atoms with van der Waals surface area (Å²) in [4.78, 5) is 28.4. The normalized spacial score (nSPS) is 11.9. The third-order valence-corrected chi connectivity index (χ3v) is 2.99. The molecule has 1 rings (SSSR count). The van der Waals surface area contributed by atoms with Crippen molar-refractivity contribution in [1.82, 2.24) is 15.2 Å². The summed E-state index contributed by atoms with van der Waals surface area (Å²) < 4.78 is 0. The molecule has 1 aromatic heterocycles. The van der Waals surface area contributed by atoms with Crippen molar-refractivity contribution in [2.24, 2.45) is 5.92 Å². The molecular weight excluding hydrogens is 242 g/mol. The molecule has 7 heteroatoms. The zero-order valence-electron chi connectivity index (χ0n) is 9.71. The highest BCUT2D eigenvalue weighted by molar-refractivity contribution is 7.09. The van der Waals surface area contributed by atoms with Gasteiger partial charge in [0.15, 0.2) is 0 Å². The van der Waals surface area contributed by atoms with Gasteiger partial charge in [0.05, 0.1) is 18.0 Å². The third-order valence-electron chi connectivity index (χ3n) is 2.21. The Balaban J connectivity index is 2.34. The maximum atomic E-state index is 11.6. The van der Waals surface area contributed by atoms with Crippen LogP contribution in [-0.4, -0.2) is 40.6 Å². The summed E-state index contributed by atoms with van der Waals surface area (Å²) in [6.45, 7) is 2.16. The smallest absolute Gasteiger partial charge is 0.317 e. The Morgan fingerprint density at radius 1 is 1.65 bits per heavy atom. The molecule has 0 fully saturated rings. The molecule has 0 saturated heterocycles. The predicted octanol–water partition coefficient (Wildman–Crippen LogP) is 1.01. The third kappa shape index (κ3) is 4.39. The van der Waals surface area contributed by atoms with Gasteiger partial charge in [0.2, 0.25) is 0 Å². The second-order valence-corrected chi connectivity index (χ2v) is 4.72. The zero-order valence-corrected chi connectivity index (χ0v) is 10.5. The summed E-state index contributed by atoms with van der Waals surface area (Å²) in [6, 6.07) is -0.286. The van der Waals surface area contributed by atoms with Gasteiger partial charge in [-0.25, -0.2) is 4.79 Å². The summed E-state index contributed by atoms with van der Waals surface area (Å²) in [7, 11) is 1.57. The van der Waals surface area contributed by atoms with Crippen LogP contribution >= 0.6 is 11.3 Å². The van der Waals surface area contributed by atoms with Gasteiger partial charge < -0.3 is 15.3 Å². The largest absolute Gasteiger partial charge is 0.481 e. The number of aromatic nitrogens is 1. The minimum absolute atomic E-state index is 0.184. The van der Waals surface area contributed by atoms with Crippen LogP contribution in [0.25, 0.3) is 0 Å². The summed E-state index contributed by atoms with van der Waals surface area (Å²) in [5.41, 5.74) is 1.69. The van der Waals surface area contributed by atoms with E-state index in [1.54, 1.807) is 25.7 Å². The van der Waals surface area contributed by atoms with E-state index in [0.717, 1.165) is 4.88 Å². The molecule has 0 aromatic carbocycles. The number of carboxylic acids is 1. The van der Waals surface area contributed by atoms with Gasteiger partial charge in [-0.05, 0) is 0 Å². The molecule has 2 amide bonds. The summed E-state index contributed by atoms with van der Waals surface area (Å²) in [5, 5.41) is 11.4. The van der Waals surface area contributed by atoms with Gasteiger partial charge in [0, 0.05) is 24.7 Å². The molecule has 0 aliphatic rings. The molecule has 1 heterocycles. The van der Waals surface area contributed by atoms with Gasteiger partial charge in [0.1, 0.15) is 0 Å². The highest BCUT2D eigenvalue weighted by Crippen LogP contribution is 2.05. The van der Waals surface area contributed by atoms with Crippen molar-refractivity contribution in [2.45, 2.75) is 13.5 Å². The number of hydrogen-bond donors (Lipinski definition) is 2. The number of rotatable bonds is 5. The molecule has 0 aliphatic carbocycles. The number of nitrogens with one attached hydrogen (secondary N) is 1. The molecule has 94 valence electrons. The van der Waals surface area contributed by atoms with Gasteiger partial charge in [-0.15, -0.1) is 11.3 Å². The molecule has 6 nitrogen and oxygen atoms in total. The van der Waals surface area contributed by atoms with Crippen LogP contribution in [0.15, 0.2) is 11.7 Å². The Bertz CT molecular complexity index is 380. The number of thiazole rings is 1. The summed E-state index contributed by atoms with van der Waals surface area (Å²) >= 11 is 1.46. The number of nitrogens with zero attached hydrogens (tertiary/aromatic N) is 2. The number of carbonyl (C=O) groups excluding carboxylic acids is 1. The summed E-state index contributed by atoms with van der Waals surface area (Å²) in [6.07, 6.45) is 1.69. The van der Waals surface area contributed by atoms with Crippen LogP contribution in [0.4, 0.5) is 4.79 Å². The van der Waals surface area contributed by atoms with Crippen molar-refractivity contribution in [3.05, 3.63) is 16.6 Å². The molecule has 0 saturated carbocycles. The van der Waals surface area contributed by atoms with Crippen LogP contribution in [0.5, 0.6) is 0 Å². The number of aliphatic carboxylic acids is 1. The van der Waals surface area contributed by atoms with Crippen molar-refractivity contribution >= 4 is 23.3 Å². The van der Waals surface area contributed by atoms with Crippen LogP contribution in [0.3, 0.4) is 0 Å². The number of carbonyl (C=O) groups is 2. The maximum absolute atomic E-state index is 11.6. The fraction of sp³-hybridized carbons (Fsp3) is 0.500. The molecular formula is C10H15N3O3S. The highest BCUT2D eigenvalue weighted by atomic mass is 32.1. The number of amides is 2. The molecule has 2 N–H and O–H groups in total. The predicted molar refractivity (Wildman–Crippen MR) is 63.8 cm³/mol. The first-order valence-electron chi connectivity index (χ1n) is 5.10. The van der Waals surface area contributed by atoms with Crippen molar-refractivity contribution in [1.29, 1.82) is 0 Å². The summed E-state index contributed by atoms with van der Waals surface area (Å²) in [5.74, 6) is -1.48. The standard InChI is InChI=1S/C10H15N3O3S/c1-7(9(14)15)5-13(2)10(16)12-4-8-3-11-6-17-8/h3,6-7H,4-5H2,1-2H3,(H,12,16)(H,14,15). The fourth-order valence-electron chi connectivity index (χ4n) is 1.20. The Labute approximate surface area is 103 Å². The lowest BCUT2D eigenvalue weighted by Gasteiger charge is -2.19. The van der Waals surface area contributed by atoms with Crippen molar-refractivity contribution in [3.63, 3.8) is 0 Å². The molecule has 0 bridgehead atoms. The van der Waals surface area contributed by atoms with Crippen LogP contribution in [0, 0.1) is 5.92 Å². The molecule has 1 atom stereocenters. The van der Waals surface area contributed by atoms with Crippen molar-refractivity contribution < 1.29 is 14.7 Å². The molecule has 17 heavy (non-hydrogen) atoms. The first-order valence-corrected chi connectivity index (χ1v) is 5.97. The van der Waals surface area contributed by atoms with Crippen LogP contribution in [-0.2, 0) is 11.3 Å². The average Bonchev–Trinajstić information content (AvgIpc) is 2.78. The Hall–Kier alpha value is -1.63. The molecule has 1 unspecified atom stereocenters. The van der Waals surface area contributed by atoms with E-state index in [-0.39, 0.29) is 12.6 Å². The van der Waals surface area contributed by atoms with Crippen LogP contribution in [0.1, 0.15) is 11.8 Å². The van der Waals surface area contributed by atoms with E-state index in [9.17, 15) is 9.59 Å². The molecule has 0 radical (unpaired) electrons. The fourth-order valence-corrected chi connectivity index (χ4v) is 1.73. The average molecular weight is 257 g/mol. The van der Waals surface area contributed by atoms with E-state index in [4.69, 9.17) is 5.11 Å². The van der Waals surface area contributed by atoms with E-state index >= 15 is 0 Å². The minimum Gasteiger partial charge on any atom is -0.481 e. The van der Waals surface area contributed by atoms with Gasteiger partial charge >= 0.3 is 12.0 Å². The number of urea groups is 1. The zero-order chi connectivity index (χ0) is 12.8. The SMILES string of the molecule is CC(CN(C)C(=O)NCc1cncs1)C(=O)O. The van der Waals surface area contributed by atoms with Crippen molar-refractivity contribution in [2.75, 3.05) is 13.6 Å². The van der Waals surface area contributed by atoms with Gasteiger partial charge in [0.25, 0.3) is 0 Å². The Morgan fingerprint density at radius 3 is 2.88 bits per heavy atom. The van der Waals surface area contributed by atoms with Gasteiger partial charge in [-0.1, -0.05) is 6.92 Å². The topological polar surface area (TPSA) is 82.5 Å². The van der Waals surface area contributed by atoms with Crippen molar-refractivity contribution in [3.8, 4) is 0 Å². The Kier molecular flexibility index (Phi) is 4.89. The lowest BCUT2D eigenvalue weighted by Crippen LogP contribution is -2.40. The monoisotopic (exact) mass is 257 g/mol. The molecule has 0 aliphatic heterocycles. The van der Waals surface area contributed by atoms with Crippen LogP contribution < -0.4 is 5.32 Å². The van der Waals surface area contributed by atoms with E-state index in [0.29, 0.717) is 6.54 Å². The van der Waals surface area contributed by atoms with Gasteiger partial charge in [-0.2, -0.15) is 0 Å². The number of hydrogen-bond acceptors (Lipinski definition) is 4. The Morgan fingerprint density at radius 2 is 2.35 bits per heavy atom. The van der Waals surface area contributed by atoms with Crippen LogP contribution in [0.2, 0.25) is 0 Å². The first-order chi connectivity index (χ1) is 8.00. The second kappa shape index (κ2) is 6.19. The lowest BCUT2D eigenvalue weighted by molar-refractivity contribution is -0.141. The van der Waals surface area contributed by atoms with Gasteiger partial charge in [-0.3, -0.25) is 9.78 Å². The lowest BCUT2D eigenvalue weighted by atomic mass is 10.2. The van der Waals surface area contributed by atoms with E-state index in [1.165, 1.54) is 16.2 Å². The minimum atomic E-state index is -0.910. The van der Waals surface area contributed by atoms with E-state index in [1.807, 2.05) is 0 Å². The van der Waals surface area contributed by atoms with E-state index < -0.39 is 11.9 Å². The second-order valence-electron chi connectivity index (χ2n) is 3.75. The highest BCUT2D eigenvalue weighted by Gasteiger charge is 2.16. The molecule has 0 spiro atoms.